The smallest absolute Gasteiger partial charge is 0.308 e. The first-order valence-corrected chi connectivity index (χ1v) is 5.24. The quantitative estimate of drug-likeness (QED) is 0.857. The Morgan fingerprint density at radius 1 is 1.50 bits per heavy atom. The second-order valence-corrected chi connectivity index (χ2v) is 4.10. The fraction of sp³-hybridized carbons (Fsp3) is 0.364. The van der Waals surface area contributed by atoms with Crippen LogP contribution in [0.1, 0.15) is 13.8 Å². The van der Waals surface area contributed by atoms with Crippen LogP contribution in [0.4, 0.5) is 10.1 Å². The molecule has 1 aromatic carbocycles. The van der Waals surface area contributed by atoms with E-state index in [-0.39, 0.29) is 11.1 Å². The van der Waals surface area contributed by atoms with Crippen molar-refractivity contribution in [3.63, 3.8) is 0 Å². The second-order valence-electron chi connectivity index (χ2n) is 3.69. The Balaban J connectivity index is 2.73. The fourth-order valence-corrected chi connectivity index (χ4v) is 1.37. The molecule has 1 rings (SSSR count). The molecule has 0 spiro atoms. The topological polar surface area (TPSA) is 49.3 Å². The summed E-state index contributed by atoms with van der Waals surface area (Å²) in [6, 6.07) is 3.93. The van der Waals surface area contributed by atoms with E-state index in [1.807, 2.05) is 0 Å². The second kappa shape index (κ2) is 5.16. The predicted molar refractivity (Wildman–Crippen MR) is 61.3 cm³/mol. The Bertz CT molecular complexity index is 398. The first kappa shape index (κ1) is 12.8. The molecule has 88 valence electrons. The number of halogens is 2. The summed E-state index contributed by atoms with van der Waals surface area (Å²) in [5, 5.41) is 11.8. The predicted octanol–water partition coefficient (Wildman–Crippen LogP) is 3.00. The standard InChI is InChI=1S/C11H13ClFNO2/c1-6(11(15)16)7(2)14-8-3-4-10(13)9(12)5-8/h3-7,14H,1-2H3,(H,15,16). The van der Waals surface area contributed by atoms with Crippen LogP contribution in [0.5, 0.6) is 0 Å². The molecule has 0 radical (unpaired) electrons. The van der Waals surface area contributed by atoms with Gasteiger partial charge in [0.05, 0.1) is 10.9 Å². The number of hydrogen-bond donors (Lipinski definition) is 2. The largest absolute Gasteiger partial charge is 0.481 e. The van der Waals surface area contributed by atoms with Gasteiger partial charge in [0.15, 0.2) is 0 Å². The van der Waals surface area contributed by atoms with Crippen LogP contribution in [0.2, 0.25) is 5.02 Å². The lowest BCUT2D eigenvalue weighted by Crippen LogP contribution is -2.29. The zero-order valence-electron chi connectivity index (χ0n) is 9.00. The number of carbonyl (C=O) groups is 1. The summed E-state index contributed by atoms with van der Waals surface area (Å²) in [4.78, 5) is 10.7. The Morgan fingerprint density at radius 2 is 2.12 bits per heavy atom. The summed E-state index contributed by atoms with van der Waals surface area (Å²) in [5.74, 6) is -1.91. The highest BCUT2D eigenvalue weighted by atomic mass is 35.5. The number of rotatable bonds is 4. The molecule has 0 aliphatic carbocycles. The minimum atomic E-state index is -0.881. The molecule has 0 amide bonds. The van der Waals surface area contributed by atoms with Crippen molar-refractivity contribution < 1.29 is 14.3 Å². The van der Waals surface area contributed by atoms with Gasteiger partial charge in [-0.2, -0.15) is 0 Å². The van der Waals surface area contributed by atoms with E-state index >= 15 is 0 Å². The lowest BCUT2D eigenvalue weighted by Gasteiger charge is -2.19. The van der Waals surface area contributed by atoms with E-state index in [1.165, 1.54) is 18.2 Å². The van der Waals surface area contributed by atoms with Crippen LogP contribution >= 0.6 is 11.6 Å². The van der Waals surface area contributed by atoms with Gasteiger partial charge in [-0.25, -0.2) is 4.39 Å². The van der Waals surface area contributed by atoms with Crippen molar-refractivity contribution in [2.45, 2.75) is 19.9 Å². The first-order valence-electron chi connectivity index (χ1n) is 4.86. The third-order valence-electron chi connectivity index (χ3n) is 2.45. The molecular formula is C11H13ClFNO2. The highest BCUT2D eigenvalue weighted by Gasteiger charge is 2.19. The van der Waals surface area contributed by atoms with Crippen molar-refractivity contribution in [3.05, 3.63) is 29.0 Å². The van der Waals surface area contributed by atoms with Crippen LogP contribution < -0.4 is 5.32 Å². The molecule has 3 nitrogen and oxygen atoms in total. The summed E-state index contributed by atoms with van der Waals surface area (Å²) in [7, 11) is 0. The SMILES string of the molecule is CC(Nc1ccc(F)c(Cl)c1)C(C)C(=O)O. The Hall–Kier alpha value is -1.29. The molecule has 2 atom stereocenters. The van der Waals surface area contributed by atoms with Crippen molar-refractivity contribution in [3.8, 4) is 0 Å². The third-order valence-corrected chi connectivity index (χ3v) is 2.74. The van der Waals surface area contributed by atoms with Crippen LogP contribution in [-0.2, 0) is 4.79 Å². The van der Waals surface area contributed by atoms with Crippen LogP contribution in [-0.4, -0.2) is 17.1 Å². The van der Waals surface area contributed by atoms with Gasteiger partial charge in [-0.05, 0) is 32.0 Å². The molecular weight excluding hydrogens is 233 g/mol. The number of benzene rings is 1. The molecule has 0 fully saturated rings. The van der Waals surface area contributed by atoms with Crippen molar-refractivity contribution >= 4 is 23.3 Å². The molecule has 0 aliphatic rings. The van der Waals surface area contributed by atoms with Crippen molar-refractivity contribution in [2.75, 3.05) is 5.32 Å². The fourth-order valence-electron chi connectivity index (χ4n) is 1.19. The minimum absolute atomic E-state index is 0.0141. The van der Waals surface area contributed by atoms with E-state index in [0.29, 0.717) is 5.69 Å². The van der Waals surface area contributed by atoms with E-state index < -0.39 is 17.7 Å². The van der Waals surface area contributed by atoms with E-state index in [4.69, 9.17) is 16.7 Å². The van der Waals surface area contributed by atoms with Crippen LogP contribution in [0.3, 0.4) is 0 Å². The van der Waals surface area contributed by atoms with Gasteiger partial charge >= 0.3 is 5.97 Å². The summed E-state index contributed by atoms with van der Waals surface area (Å²) in [6.45, 7) is 3.35. The summed E-state index contributed by atoms with van der Waals surface area (Å²) < 4.78 is 12.9. The molecule has 0 saturated heterocycles. The molecule has 5 heteroatoms. The normalized spacial score (nSPS) is 14.2. The number of aliphatic carboxylic acids is 1. The molecule has 0 heterocycles. The van der Waals surface area contributed by atoms with E-state index in [1.54, 1.807) is 13.8 Å². The number of carboxylic acid groups (broad SMARTS) is 1. The molecule has 16 heavy (non-hydrogen) atoms. The highest BCUT2D eigenvalue weighted by molar-refractivity contribution is 6.31. The maximum absolute atomic E-state index is 12.9. The van der Waals surface area contributed by atoms with Crippen LogP contribution in [0, 0.1) is 11.7 Å². The Morgan fingerprint density at radius 3 is 2.62 bits per heavy atom. The van der Waals surface area contributed by atoms with Gasteiger partial charge in [0.25, 0.3) is 0 Å². The van der Waals surface area contributed by atoms with E-state index in [2.05, 4.69) is 5.32 Å². The lowest BCUT2D eigenvalue weighted by molar-refractivity contribution is -0.141. The number of carboxylic acids is 1. The van der Waals surface area contributed by atoms with Gasteiger partial charge < -0.3 is 10.4 Å². The van der Waals surface area contributed by atoms with E-state index in [0.717, 1.165) is 0 Å². The molecule has 0 saturated carbocycles. The zero-order valence-corrected chi connectivity index (χ0v) is 9.75. The molecule has 0 aliphatic heterocycles. The number of hydrogen-bond acceptors (Lipinski definition) is 2. The number of nitrogens with one attached hydrogen (secondary N) is 1. The minimum Gasteiger partial charge on any atom is -0.481 e. The Kier molecular flexibility index (Phi) is 4.12. The van der Waals surface area contributed by atoms with Gasteiger partial charge in [-0.15, -0.1) is 0 Å². The maximum Gasteiger partial charge on any atom is 0.308 e. The molecule has 2 N–H and O–H groups in total. The lowest BCUT2D eigenvalue weighted by atomic mass is 10.0. The average Bonchev–Trinajstić information content (AvgIpc) is 2.22. The molecule has 1 aromatic rings. The molecule has 2 unspecified atom stereocenters. The summed E-state index contributed by atoms with van der Waals surface area (Å²) in [6.07, 6.45) is 0. The van der Waals surface area contributed by atoms with Crippen molar-refractivity contribution in [2.24, 2.45) is 5.92 Å². The van der Waals surface area contributed by atoms with Crippen molar-refractivity contribution in [1.29, 1.82) is 0 Å². The zero-order chi connectivity index (χ0) is 12.3. The monoisotopic (exact) mass is 245 g/mol. The van der Waals surface area contributed by atoms with Gasteiger partial charge in [0.2, 0.25) is 0 Å². The highest BCUT2D eigenvalue weighted by Crippen LogP contribution is 2.21. The summed E-state index contributed by atoms with van der Waals surface area (Å²) in [5.41, 5.74) is 0.604. The molecule has 0 bridgehead atoms. The molecule has 0 aromatic heterocycles. The maximum atomic E-state index is 12.9. The summed E-state index contributed by atoms with van der Waals surface area (Å²) >= 11 is 5.61. The van der Waals surface area contributed by atoms with Crippen molar-refractivity contribution in [1.82, 2.24) is 0 Å². The van der Waals surface area contributed by atoms with E-state index in [9.17, 15) is 9.18 Å². The van der Waals surface area contributed by atoms with Crippen LogP contribution in [0.15, 0.2) is 18.2 Å². The third kappa shape index (κ3) is 3.10. The van der Waals surface area contributed by atoms with Gasteiger partial charge in [0.1, 0.15) is 5.82 Å². The van der Waals surface area contributed by atoms with Gasteiger partial charge in [-0.1, -0.05) is 11.6 Å². The first-order chi connectivity index (χ1) is 7.41. The Labute approximate surface area is 98.2 Å². The van der Waals surface area contributed by atoms with Gasteiger partial charge in [0, 0.05) is 11.7 Å². The van der Waals surface area contributed by atoms with Crippen LogP contribution in [0.25, 0.3) is 0 Å². The average molecular weight is 246 g/mol. The van der Waals surface area contributed by atoms with Gasteiger partial charge in [-0.3, -0.25) is 4.79 Å². The number of anilines is 1.